The van der Waals surface area contributed by atoms with Gasteiger partial charge in [-0.2, -0.15) is 0 Å². The van der Waals surface area contributed by atoms with Crippen LogP contribution in [-0.2, 0) is 5.41 Å². The van der Waals surface area contributed by atoms with E-state index in [-0.39, 0.29) is 5.41 Å². The third-order valence-corrected chi connectivity index (χ3v) is 4.00. The fraction of sp³-hybridized carbons (Fsp3) is 0.385. The van der Waals surface area contributed by atoms with Gasteiger partial charge in [0, 0.05) is 29.2 Å². The van der Waals surface area contributed by atoms with E-state index in [1.165, 1.54) is 4.88 Å². The molecule has 0 aliphatic rings. The molecule has 1 N–H and O–H groups in total. The van der Waals surface area contributed by atoms with E-state index in [0.717, 1.165) is 18.1 Å². The molecule has 0 aromatic carbocycles. The van der Waals surface area contributed by atoms with Crippen LogP contribution >= 0.6 is 11.3 Å². The minimum Gasteiger partial charge on any atom is -0.368 e. The molecule has 2 heterocycles. The number of hydrogen-bond donors (Lipinski definition) is 1. The molecule has 90 valence electrons. The Morgan fingerprint density at radius 1 is 1.29 bits per heavy atom. The Bertz CT molecular complexity index is 477. The molecule has 0 aliphatic carbocycles. The molecule has 17 heavy (non-hydrogen) atoms. The summed E-state index contributed by atoms with van der Waals surface area (Å²) in [6, 6.07) is 4.27. The van der Waals surface area contributed by atoms with Crippen molar-refractivity contribution in [1.82, 2.24) is 9.97 Å². The molecule has 0 bridgehead atoms. The van der Waals surface area contributed by atoms with Gasteiger partial charge in [-0.25, -0.2) is 4.98 Å². The Hall–Kier alpha value is -1.42. The predicted octanol–water partition coefficient (Wildman–Crippen LogP) is 3.24. The summed E-state index contributed by atoms with van der Waals surface area (Å²) >= 11 is 1.79. The minimum atomic E-state index is 0.109. The summed E-state index contributed by atoms with van der Waals surface area (Å²) in [4.78, 5) is 9.89. The Morgan fingerprint density at radius 2 is 2.06 bits per heavy atom. The average Bonchev–Trinajstić information content (AvgIpc) is 2.82. The third kappa shape index (κ3) is 2.82. The van der Waals surface area contributed by atoms with Crippen molar-refractivity contribution in [2.75, 3.05) is 11.9 Å². The number of aryl methyl sites for hydroxylation is 1. The predicted molar refractivity (Wildman–Crippen MR) is 72.6 cm³/mol. The van der Waals surface area contributed by atoms with Gasteiger partial charge in [-0.15, -0.1) is 11.3 Å². The van der Waals surface area contributed by atoms with Gasteiger partial charge < -0.3 is 5.32 Å². The van der Waals surface area contributed by atoms with E-state index in [4.69, 9.17) is 0 Å². The summed E-state index contributed by atoms with van der Waals surface area (Å²) in [5, 5.41) is 5.49. The summed E-state index contributed by atoms with van der Waals surface area (Å²) < 4.78 is 0. The zero-order valence-electron chi connectivity index (χ0n) is 10.4. The third-order valence-electron chi connectivity index (χ3n) is 2.77. The highest BCUT2D eigenvalue weighted by atomic mass is 32.1. The molecule has 0 spiro atoms. The molecule has 0 amide bonds. The van der Waals surface area contributed by atoms with Crippen molar-refractivity contribution < 1.29 is 0 Å². The van der Waals surface area contributed by atoms with Gasteiger partial charge in [0.2, 0.25) is 0 Å². The lowest BCUT2D eigenvalue weighted by Gasteiger charge is -2.24. The molecule has 0 aliphatic heterocycles. The highest BCUT2D eigenvalue weighted by Gasteiger charge is 2.21. The summed E-state index contributed by atoms with van der Waals surface area (Å²) in [5.74, 6) is 0.872. The largest absolute Gasteiger partial charge is 0.368 e. The van der Waals surface area contributed by atoms with E-state index >= 15 is 0 Å². The lowest BCUT2D eigenvalue weighted by Crippen LogP contribution is -2.27. The lowest BCUT2D eigenvalue weighted by atomic mass is 9.91. The van der Waals surface area contributed by atoms with Gasteiger partial charge in [0.25, 0.3) is 0 Å². The van der Waals surface area contributed by atoms with Crippen molar-refractivity contribution in [3.63, 3.8) is 0 Å². The molecular weight excluding hydrogens is 230 g/mol. The molecule has 0 atom stereocenters. The number of thiophene rings is 1. The maximum absolute atomic E-state index is 4.29. The fourth-order valence-electron chi connectivity index (χ4n) is 1.64. The van der Waals surface area contributed by atoms with Gasteiger partial charge in [-0.05, 0) is 18.4 Å². The molecule has 0 saturated heterocycles. The smallest absolute Gasteiger partial charge is 0.147 e. The van der Waals surface area contributed by atoms with E-state index in [9.17, 15) is 0 Å². The zero-order chi connectivity index (χ0) is 12.3. The average molecular weight is 247 g/mol. The first-order chi connectivity index (χ1) is 8.09. The molecule has 0 unspecified atom stereocenters. The van der Waals surface area contributed by atoms with Crippen LogP contribution in [0.2, 0.25) is 0 Å². The van der Waals surface area contributed by atoms with E-state index < -0.39 is 0 Å². The number of rotatable bonds is 4. The second-order valence-electron chi connectivity index (χ2n) is 4.71. The van der Waals surface area contributed by atoms with Crippen LogP contribution in [0.25, 0.3) is 0 Å². The molecule has 3 nitrogen and oxygen atoms in total. The van der Waals surface area contributed by atoms with E-state index in [0.29, 0.717) is 0 Å². The SMILES string of the molecule is Cc1nccnc1NCC(C)(C)c1cccs1. The highest BCUT2D eigenvalue weighted by Crippen LogP contribution is 2.27. The first kappa shape index (κ1) is 12.0. The normalized spacial score (nSPS) is 11.5. The van der Waals surface area contributed by atoms with Crippen LogP contribution in [0.1, 0.15) is 24.4 Å². The summed E-state index contributed by atoms with van der Waals surface area (Å²) in [6.45, 7) is 7.29. The monoisotopic (exact) mass is 247 g/mol. The Balaban J connectivity index is 2.06. The number of nitrogens with one attached hydrogen (secondary N) is 1. The zero-order valence-corrected chi connectivity index (χ0v) is 11.2. The molecule has 0 saturated carbocycles. The Morgan fingerprint density at radius 3 is 2.71 bits per heavy atom. The molecule has 2 rings (SSSR count). The molecule has 0 fully saturated rings. The van der Waals surface area contributed by atoms with E-state index in [2.05, 4.69) is 46.6 Å². The van der Waals surface area contributed by atoms with Crippen LogP contribution < -0.4 is 5.32 Å². The van der Waals surface area contributed by atoms with E-state index in [1.807, 2.05) is 6.92 Å². The van der Waals surface area contributed by atoms with Crippen LogP contribution in [0.15, 0.2) is 29.9 Å². The van der Waals surface area contributed by atoms with Crippen molar-refractivity contribution in [1.29, 1.82) is 0 Å². The van der Waals surface area contributed by atoms with Gasteiger partial charge in [0.05, 0.1) is 5.69 Å². The quantitative estimate of drug-likeness (QED) is 0.901. The van der Waals surface area contributed by atoms with Gasteiger partial charge in [-0.1, -0.05) is 19.9 Å². The second-order valence-corrected chi connectivity index (χ2v) is 5.65. The van der Waals surface area contributed by atoms with Crippen molar-refractivity contribution >= 4 is 17.2 Å². The minimum absolute atomic E-state index is 0.109. The first-order valence-corrected chi connectivity index (χ1v) is 6.53. The number of hydrogen-bond acceptors (Lipinski definition) is 4. The Kier molecular flexibility index (Phi) is 3.43. The Labute approximate surface area is 106 Å². The van der Waals surface area contributed by atoms with Crippen LogP contribution in [0, 0.1) is 6.92 Å². The maximum Gasteiger partial charge on any atom is 0.147 e. The molecular formula is C13H17N3S. The van der Waals surface area contributed by atoms with Crippen molar-refractivity contribution in [2.24, 2.45) is 0 Å². The first-order valence-electron chi connectivity index (χ1n) is 5.65. The molecule has 2 aromatic rings. The summed E-state index contributed by atoms with van der Waals surface area (Å²) in [7, 11) is 0. The molecule has 2 aromatic heterocycles. The second kappa shape index (κ2) is 4.84. The van der Waals surface area contributed by atoms with Crippen LogP contribution in [-0.4, -0.2) is 16.5 Å². The van der Waals surface area contributed by atoms with Crippen molar-refractivity contribution in [2.45, 2.75) is 26.2 Å². The van der Waals surface area contributed by atoms with Gasteiger partial charge in [0.1, 0.15) is 5.82 Å². The maximum atomic E-state index is 4.29. The summed E-state index contributed by atoms with van der Waals surface area (Å²) in [5.41, 5.74) is 1.05. The van der Waals surface area contributed by atoms with Crippen molar-refractivity contribution in [3.8, 4) is 0 Å². The van der Waals surface area contributed by atoms with Crippen LogP contribution in [0.4, 0.5) is 5.82 Å². The summed E-state index contributed by atoms with van der Waals surface area (Å²) in [6.07, 6.45) is 3.43. The van der Waals surface area contributed by atoms with Crippen LogP contribution in [0.3, 0.4) is 0 Å². The number of nitrogens with zero attached hydrogens (tertiary/aromatic N) is 2. The van der Waals surface area contributed by atoms with Crippen molar-refractivity contribution in [3.05, 3.63) is 40.5 Å². The standard InChI is InChI=1S/C13H17N3S/c1-10-12(15-7-6-14-10)16-9-13(2,3)11-5-4-8-17-11/h4-8H,9H2,1-3H3,(H,15,16). The number of anilines is 1. The molecule has 4 heteroatoms. The van der Waals surface area contributed by atoms with Crippen LogP contribution in [0.5, 0.6) is 0 Å². The topological polar surface area (TPSA) is 37.8 Å². The highest BCUT2D eigenvalue weighted by molar-refractivity contribution is 7.10. The number of aromatic nitrogens is 2. The molecule has 0 radical (unpaired) electrons. The van der Waals surface area contributed by atoms with Gasteiger partial charge in [-0.3, -0.25) is 4.98 Å². The van der Waals surface area contributed by atoms with E-state index in [1.54, 1.807) is 23.7 Å². The lowest BCUT2D eigenvalue weighted by molar-refractivity contribution is 0.568. The fourth-order valence-corrected chi connectivity index (χ4v) is 2.49. The van der Waals surface area contributed by atoms with Gasteiger partial charge >= 0.3 is 0 Å². The van der Waals surface area contributed by atoms with Gasteiger partial charge in [0.15, 0.2) is 0 Å².